The standard InChI is InChI=1S/C18H23ClN2O2/c1-3-10-21(18(22)14-23-2)13-16-8-6-11-20(16)12-15-7-4-5-9-17(15)19/h4-9,11H,3,10,12-14H2,1-2H3. The van der Waals surface area contributed by atoms with E-state index in [0.29, 0.717) is 13.1 Å². The van der Waals surface area contributed by atoms with Crippen LogP contribution in [-0.2, 0) is 22.6 Å². The van der Waals surface area contributed by atoms with Crippen molar-refractivity contribution in [3.05, 3.63) is 58.9 Å². The molecule has 0 aliphatic carbocycles. The zero-order valence-electron chi connectivity index (χ0n) is 13.7. The van der Waals surface area contributed by atoms with Crippen molar-refractivity contribution in [3.8, 4) is 0 Å². The van der Waals surface area contributed by atoms with Gasteiger partial charge < -0.3 is 14.2 Å². The Morgan fingerprint density at radius 2 is 2.04 bits per heavy atom. The van der Waals surface area contributed by atoms with Gasteiger partial charge in [-0.3, -0.25) is 4.79 Å². The van der Waals surface area contributed by atoms with Crippen molar-refractivity contribution in [2.24, 2.45) is 0 Å². The molecule has 1 amide bonds. The number of hydrogen-bond donors (Lipinski definition) is 0. The average Bonchev–Trinajstić information content (AvgIpc) is 2.96. The Morgan fingerprint density at radius 1 is 1.26 bits per heavy atom. The minimum atomic E-state index is 0.0137. The third-order valence-corrected chi connectivity index (χ3v) is 4.06. The molecule has 0 unspecified atom stereocenters. The van der Waals surface area contributed by atoms with Crippen LogP contribution in [0, 0.1) is 0 Å². The lowest BCUT2D eigenvalue weighted by Crippen LogP contribution is -2.34. The summed E-state index contributed by atoms with van der Waals surface area (Å²) in [6.45, 7) is 4.18. The van der Waals surface area contributed by atoms with Gasteiger partial charge in [0, 0.05) is 37.1 Å². The lowest BCUT2D eigenvalue weighted by atomic mass is 10.2. The smallest absolute Gasteiger partial charge is 0.248 e. The summed E-state index contributed by atoms with van der Waals surface area (Å²) in [6, 6.07) is 11.9. The monoisotopic (exact) mass is 334 g/mol. The summed E-state index contributed by atoms with van der Waals surface area (Å²) in [6.07, 6.45) is 2.93. The number of halogens is 1. The van der Waals surface area contributed by atoms with Crippen molar-refractivity contribution < 1.29 is 9.53 Å². The minimum absolute atomic E-state index is 0.0137. The summed E-state index contributed by atoms with van der Waals surface area (Å²) in [5.41, 5.74) is 2.15. The molecular weight excluding hydrogens is 312 g/mol. The fraction of sp³-hybridized carbons (Fsp3) is 0.389. The van der Waals surface area contributed by atoms with Gasteiger partial charge in [-0.15, -0.1) is 0 Å². The van der Waals surface area contributed by atoms with Gasteiger partial charge in [-0.25, -0.2) is 0 Å². The lowest BCUT2D eigenvalue weighted by molar-refractivity contribution is -0.135. The van der Waals surface area contributed by atoms with E-state index in [1.807, 2.05) is 47.5 Å². The van der Waals surface area contributed by atoms with E-state index in [-0.39, 0.29) is 12.5 Å². The highest BCUT2D eigenvalue weighted by Crippen LogP contribution is 2.18. The Morgan fingerprint density at radius 3 is 2.74 bits per heavy atom. The quantitative estimate of drug-likeness (QED) is 0.739. The molecule has 23 heavy (non-hydrogen) atoms. The lowest BCUT2D eigenvalue weighted by Gasteiger charge is -2.23. The number of benzene rings is 1. The molecule has 0 aliphatic rings. The van der Waals surface area contributed by atoms with Crippen molar-refractivity contribution in [2.75, 3.05) is 20.3 Å². The zero-order chi connectivity index (χ0) is 16.7. The fourth-order valence-electron chi connectivity index (χ4n) is 2.53. The molecular formula is C18H23ClN2O2. The maximum atomic E-state index is 12.2. The van der Waals surface area contributed by atoms with Crippen molar-refractivity contribution in [1.82, 2.24) is 9.47 Å². The number of carbonyl (C=O) groups excluding carboxylic acids is 1. The first kappa shape index (κ1) is 17.6. The molecule has 2 rings (SSSR count). The van der Waals surface area contributed by atoms with Crippen molar-refractivity contribution in [1.29, 1.82) is 0 Å². The maximum Gasteiger partial charge on any atom is 0.248 e. The molecule has 0 fully saturated rings. The topological polar surface area (TPSA) is 34.5 Å². The summed E-state index contributed by atoms with van der Waals surface area (Å²) in [5, 5.41) is 0.757. The average molecular weight is 335 g/mol. The van der Waals surface area contributed by atoms with E-state index in [4.69, 9.17) is 16.3 Å². The minimum Gasteiger partial charge on any atom is -0.375 e. The molecule has 5 heteroatoms. The number of carbonyl (C=O) groups is 1. The second-order valence-electron chi connectivity index (χ2n) is 5.47. The molecule has 1 aromatic heterocycles. The van der Waals surface area contributed by atoms with Gasteiger partial charge >= 0.3 is 0 Å². The molecule has 124 valence electrons. The molecule has 2 aromatic rings. The van der Waals surface area contributed by atoms with Crippen LogP contribution in [0.1, 0.15) is 24.6 Å². The summed E-state index contributed by atoms with van der Waals surface area (Å²) in [4.78, 5) is 14.0. The van der Waals surface area contributed by atoms with Gasteiger partial charge in [-0.2, -0.15) is 0 Å². The second-order valence-corrected chi connectivity index (χ2v) is 5.87. The van der Waals surface area contributed by atoms with E-state index < -0.39 is 0 Å². The normalized spacial score (nSPS) is 10.7. The largest absolute Gasteiger partial charge is 0.375 e. The van der Waals surface area contributed by atoms with Crippen LogP contribution in [0.4, 0.5) is 0 Å². The van der Waals surface area contributed by atoms with Gasteiger partial charge in [-0.05, 0) is 30.2 Å². The van der Waals surface area contributed by atoms with Gasteiger partial charge in [-0.1, -0.05) is 36.7 Å². The van der Waals surface area contributed by atoms with E-state index in [1.54, 1.807) is 7.11 Å². The van der Waals surface area contributed by atoms with Gasteiger partial charge in [0.1, 0.15) is 6.61 Å². The predicted molar refractivity (Wildman–Crippen MR) is 92.6 cm³/mol. The molecule has 0 aliphatic heterocycles. The zero-order valence-corrected chi connectivity index (χ0v) is 14.4. The first-order valence-corrected chi connectivity index (χ1v) is 8.17. The van der Waals surface area contributed by atoms with Crippen LogP contribution >= 0.6 is 11.6 Å². The molecule has 0 radical (unpaired) electrons. The number of rotatable bonds is 8. The molecule has 4 nitrogen and oxygen atoms in total. The van der Waals surface area contributed by atoms with Crippen LogP contribution in [-0.4, -0.2) is 35.6 Å². The van der Waals surface area contributed by atoms with E-state index in [2.05, 4.69) is 11.5 Å². The first-order valence-electron chi connectivity index (χ1n) is 7.79. The van der Waals surface area contributed by atoms with Gasteiger partial charge in [0.05, 0.1) is 6.54 Å². The number of amides is 1. The summed E-state index contributed by atoms with van der Waals surface area (Å²) >= 11 is 6.25. The number of nitrogens with zero attached hydrogens (tertiary/aromatic N) is 2. The van der Waals surface area contributed by atoms with Crippen molar-refractivity contribution in [3.63, 3.8) is 0 Å². The van der Waals surface area contributed by atoms with E-state index in [0.717, 1.165) is 29.2 Å². The van der Waals surface area contributed by atoms with E-state index in [9.17, 15) is 4.79 Å². The van der Waals surface area contributed by atoms with Crippen molar-refractivity contribution >= 4 is 17.5 Å². The predicted octanol–water partition coefficient (Wildman–Crippen LogP) is 3.57. The third kappa shape index (κ3) is 4.85. The molecule has 0 bridgehead atoms. The van der Waals surface area contributed by atoms with Crippen LogP contribution < -0.4 is 0 Å². The molecule has 0 N–H and O–H groups in total. The summed E-state index contributed by atoms with van der Waals surface area (Å²) in [7, 11) is 1.54. The molecule has 0 atom stereocenters. The van der Waals surface area contributed by atoms with Gasteiger partial charge in [0.15, 0.2) is 0 Å². The van der Waals surface area contributed by atoms with Crippen LogP contribution in [0.15, 0.2) is 42.6 Å². The van der Waals surface area contributed by atoms with Crippen LogP contribution in [0.2, 0.25) is 5.02 Å². The third-order valence-electron chi connectivity index (χ3n) is 3.69. The SMILES string of the molecule is CCCN(Cc1cccn1Cc1ccccc1Cl)C(=O)COC. The first-order chi connectivity index (χ1) is 11.2. The van der Waals surface area contributed by atoms with E-state index in [1.165, 1.54) is 0 Å². The highest BCUT2D eigenvalue weighted by Gasteiger charge is 2.15. The van der Waals surface area contributed by atoms with Gasteiger partial charge in [0.25, 0.3) is 0 Å². The van der Waals surface area contributed by atoms with Crippen LogP contribution in [0.25, 0.3) is 0 Å². The fourth-order valence-corrected chi connectivity index (χ4v) is 2.73. The number of hydrogen-bond acceptors (Lipinski definition) is 2. The Labute approximate surface area is 142 Å². The number of ether oxygens (including phenoxy) is 1. The highest BCUT2D eigenvalue weighted by molar-refractivity contribution is 6.31. The van der Waals surface area contributed by atoms with Crippen LogP contribution in [0.3, 0.4) is 0 Å². The number of aromatic nitrogens is 1. The Hall–Kier alpha value is -1.78. The number of methoxy groups -OCH3 is 1. The molecule has 0 saturated heterocycles. The molecule has 1 heterocycles. The summed E-state index contributed by atoms with van der Waals surface area (Å²) < 4.78 is 7.11. The second kappa shape index (κ2) is 8.75. The van der Waals surface area contributed by atoms with Gasteiger partial charge in [0.2, 0.25) is 5.91 Å². The highest BCUT2D eigenvalue weighted by atomic mass is 35.5. The Kier molecular flexibility index (Phi) is 6.68. The molecule has 0 saturated carbocycles. The van der Waals surface area contributed by atoms with E-state index >= 15 is 0 Å². The van der Waals surface area contributed by atoms with Crippen LogP contribution in [0.5, 0.6) is 0 Å². The van der Waals surface area contributed by atoms with Crippen molar-refractivity contribution in [2.45, 2.75) is 26.4 Å². The Balaban J connectivity index is 2.13. The molecule has 0 spiro atoms. The maximum absolute atomic E-state index is 12.2. The molecule has 1 aromatic carbocycles. The Bertz CT molecular complexity index is 639. The summed E-state index contributed by atoms with van der Waals surface area (Å²) in [5.74, 6) is 0.0137.